The average Bonchev–Trinajstić information content (AvgIpc) is 3.61. The predicted octanol–water partition coefficient (Wildman–Crippen LogP) is 17.5. The van der Waals surface area contributed by atoms with Crippen LogP contribution in [0.1, 0.15) is 0 Å². The number of benzene rings is 13. The molecule has 5 heteroatoms. The summed E-state index contributed by atoms with van der Waals surface area (Å²) in [5.41, 5.74) is 20.4. The van der Waals surface area contributed by atoms with Gasteiger partial charge in [0.2, 0.25) is 0 Å². The van der Waals surface area contributed by atoms with Crippen molar-refractivity contribution < 1.29 is 0 Å². The van der Waals surface area contributed by atoms with E-state index in [1.807, 2.05) is 18.5 Å². The van der Waals surface area contributed by atoms with Gasteiger partial charge in [-0.05, 0) is 171 Å². The molecule has 16 rings (SSSR count). The summed E-state index contributed by atoms with van der Waals surface area (Å²) in [6, 6.07) is 101. The van der Waals surface area contributed by atoms with Crippen molar-refractivity contribution in [2.45, 2.75) is 0 Å². The average molecular weight is 1000 g/mol. The minimum atomic E-state index is -0.170. The van der Waals surface area contributed by atoms with Gasteiger partial charge in [0.25, 0.3) is 6.71 Å². The van der Waals surface area contributed by atoms with E-state index in [0.29, 0.717) is 5.82 Å². The van der Waals surface area contributed by atoms with Crippen LogP contribution in [-0.2, 0) is 0 Å². The lowest BCUT2D eigenvalue weighted by atomic mass is 9.33. The second-order valence-corrected chi connectivity index (χ2v) is 20.9. The highest BCUT2D eigenvalue weighted by molar-refractivity contribution is 7.00. The molecule has 0 aliphatic carbocycles. The lowest BCUT2D eigenvalue weighted by molar-refractivity contribution is 1.17. The summed E-state index contributed by atoms with van der Waals surface area (Å²) >= 11 is 0. The van der Waals surface area contributed by atoms with Crippen LogP contribution in [0.2, 0.25) is 0 Å². The minimum Gasteiger partial charge on any atom is -0.311 e. The maximum Gasteiger partial charge on any atom is 0.252 e. The van der Waals surface area contributed by atoms with Crippen LogP contribution in [0.15, 0.2) is 285 Å². The molecule has 0 N–H and O–H groups in total. The van der Waals surface area contributed by atoms with E-state index in [0.717, 1.165) is 84.2 Å². The maximum atomic E-state index is 5.01. The Bertz CT molecular complexity index is 4330. The molecule has 3 heterocycles. The van der Waals surface area contributed by atoms with Gasteiger partial charge in [-0.1, -0.05) is 206 Å². The Kier molecular flexibility index (Phi) is 10.3. The molecule has 4 nitrogen and oxygen atoms in total. The fourth-order valence-electron chi connectivity index (χ4n) is 12.8. The molecule has 13 aromatic carbocycles. The van der Waals surface area contributed by atoms with Gasteiger partial charge in [0.15, 0.2) is 5.82 Å². The van der Waals surface area contributed by atoms with E-state index in [-0.39, 0.29) is 6.71 Å². The second-order valence-electron chi connectivity index (χ2n) is 20.9. The molecule has 0 fully saturated rings. The van der Waals surface area contributed by atoms with Crippen molar-refractivity contribution in [3.05, 3.63) is 285 Å². The van der Waals surface area contributed by atoms with Crippen LogP contribution in [0.5, 0.6) is 0 Å². The number of anilines is 6. The third-order valence-electron chi connectivity index (χ3n) is 16.4. The predicted molar refractivity (Wildman–Crippen MR) is 333 cm³/mol. The minimum absolute atomic E-state index is 0.170. The van der Waals surface area contributed by atoms with Crippen LogP contribution in [-0.4, -0.2) is 16.7 Å². The summed E-state index contributed by atoms with van der Waals surface area (Å²) in [4.78, 5) is 15.1. The normalized spacial score (nSPS) is 12.5. The highest BCUT2D eigenvalue weighted by Crippen LogP contribution is 2.50. The van der Waals surface area contributed by atoms with Gasteiger partial charge in [0.1, 0.15) is 0 Å². The number of aromatic nitrogens is 2. The zero-order valence-corrected chi connectivity index (χ0v) is 43.0. The Labute approximate surface area is 458 Å². The van der Waals surface area contributed by atoms with Crippen LogP contribution in [0.25, 0.3) is 99.0 Å². The summed E-state index contributed by atoms with van der Waals surface area (Å²) in [7, 11) is 0. The summed E-state index contributed by atoms with van der Waals surface area (Å²) in [6.45, 7) is -0.170. The molecule has 0 amide bonds. The highest BCUT2D eigenvalue weighted by Gasteiger charge is 2.44. The molecule has 0 bridgehead atoms. The Balaban J connectivity index is 1.07. The Morgan fingerprint density at radius 1 is 0.253 bits per heavy atom. The van der Waals surface area contributed by atoms with Gasteiger partial charge in [-0.15, -0.1) is 0 Å². The molecule has 2 aliphatic heterocycles. The van der Waals surface area contributed by atoms with E-state index in [1.165, 1.54) is 59.5 Å². The van der Waals surface area contributed by atoms with Crippen molar-refractivity contribution >= 4 is 100 Å². The monoisotopic (exact) mass is 1000 g/mol. The molecule has 2 aliphatic rings. The molecule has 366 valence electrons. The molecule has 0 unspecified atom stereocenters. The van der Waals surface area contributed by atoms with Crippen LogP contribution in [0.4, 0.5) is 34.1 Å². The highest BCUT2D eigenvalue weighted by atomic mass is 15.2. The zero-order valence-electron chi connectivity index (χ0n) is 43.0. The first-order valence-corrected chi connectivity index (χ1v) is 27.1. The molecule has 1 aromatic heterocycles. The summed E-state index contributed by atoms with van der Waals surface area (Å²) < 4.78 is 0. The number of rotatable bonds is 7. The first kappa shape index (κ1) is 44.9. The summed E-state index contributed by atoms with van der Waals surface area (Å²) in [6.07, 6.45) is 3.71. The van der Waals surface area contributed by atoms with Gasteiger partial charge in [-0.25, -0.2) is 9.97 Å². The van der Waals surface area contributed by atoms with Gasteiger partial charge in [0, 0.05) is 52.1 Å². The number of hydrogen-bond donors (Lipinski definition) is 0. The standard InChI is InChI=1S/C74H47BN4/c1-5-18-48(19-6-1)56-36-57(49-20-7-2-8-21-49)39-61(38-56)78-69-46-65-54(32-30-52-26-13-15-28-63(52)65)42-67(69)75-68-43-55-33-31-53-27-14-16-29-64(53)66(55)47-70(68)79(72-45-60(44-71(78)73(72)75)74-76-34-17-35-77-74)62-40-58(50-22-9-3-10-23-50)37-59(41-62)51-24-11-4-12-25-51/h1-47H. The third kappa shape index (κ3) is 7.46. The largest absolute Gasteiger partial charge is 0.311 e. The van der Waals surface area contributed by atoms with Gasteiger partial charge >= 0.3 is 0 Å². The lowest BCUT2D eigenvalue weighted by Gasteiger charge is -2.45. The van der Waals surface area contributed by atoms with Crippen LogP contribution in [0, 0.1) is 0 Å². The molecule has 0 spiro atoms. The lowest BCUT2D eigenvalue weighted by Crippen LogP contribution is -2.61. The van der Waals surface area contributed by atoms with Crippen LogP contribution < -0.4 is 26.2 Å². The molecule has 79 heavy (non-hydrogen) atoms. The topological polar surface area (TPSA) is 32.3 Å². The maximum absolute atomic E-state index is 5.01. The Morgan fingerprint density at radius 3 is 1.03 bits per heavy atom. The number of hydrogen-bond acceptors (Lipinski definition) is 4. The fourth-order valence-corrected chi connectivity index (χ4v) is 12.8. The first-order chi connectivity index (χ1) is 39.1. The van der Waals surface area contributed by atoms with Crippen molar-refractivity contribution in [3.8, 4) is 55.9 Å². The van der Waals surface area contributed by atoms with E-state index < -0.39 is 0 Å². The summed E-state index contributed by atoms with van der Waals surface area (Å²) in [5.74, 6) is 0.662. The van der Waals surface area contributed by atoms with E-state index >= 15 is 0 Å². The van der Waals surface area contributed by atoms with Crippen molar-refractivity contribution in [2.24, 2.45) is 0 Å². The fraction of sp³-hybridized carbons (Fsp3) is 0. The van der Waals surface area contributed by atoms with E-state index in [1.54, 1.807) is 0 Å². The van der Waals surface area contributed by atoms with Gasteiger partial charge in [-0.3, -0.25) is 0 Å². The van der Waals surface area contributed by atoms with Gasteiger partial charge in [-0.2, -0.15) is 0 Å². The molecule has 0 saturated heterocycles. The smallest absolute Gasteiger partial charge is 0.252 e. The van der Waals surface area contributed by atoms with Crippen molar-refractivity contribution in [1.82, 2.24) is 9.97 Å². The molecular formula is C74H47BN4. The second kappa shape index (κ2) is 18.2. The Morgan fingerprint density at radius 2 is 0.620 bits per heavy atom. The zero-order chi connectivity index (χ0) is 52.0. The van der Waals surface area contributed by atoms with Crippen LogP contribution >= 0.6 is 0 Å². The van der Waals surface area contributed by atoms with Crippen molar-refractivity contribution in [3.63, 3.8) is 0 Å². The number of nitrogens with zero attached hydrogens (tertiary/aromatic N) is 4. The van der Waals surface area contributed by atoms with Crippen LogP contribution in [0.3, 0.4) is 0 Å². The molecular weight excluding hydrogens is 956 g/mol. The van der Waals surface area contributed by atoms with Gasteiger partial charge < -0.3 is 9.80 Å². The van der Waals surface area contributed by atoms with E-state index in [2.05, 4.69) is 277 Å². The molecule has 14 aromatic rings. The SMILES string of the molecule is c1ccc(-c2cc(-c3ccccc3)cc(N3c4cc5c(ccc6ccccc65)cc4B4c5cc6ccc7ccccc7c6cc5N(c5cc(-c6ccccc6)cc(-c6ccccc6)c5)c5cc(-c6ncccn6)cc3c54)c2)cc1. The third-order valence-corrected chi connectivity index (χ3v) is 16.4. The Hall–Kier alpha value is -10.4. The first-order valence-electron chi connectivity index (χ1n) is 27.1. The number of fused-ring (bicyclic) bond motifs is 10. The van der Waals surface area contributed by atoms with Gasteiger partial charge in [0.05, 0.1) is 0 Å². The quantitative estimate of drug-likeness (QED) is 0.118. The molecule has 0 saturated carbocycles. The van der Waals surface area contributed by atoms with E-state index in [9.17, 15) is 0 Å². The van der Waals surface area contributed by atoms with Crippen molar-refractivity contribution in [2.75, 3.05) is 9.80 Å². The van der Waals surface area contributed by atoms with Crippen molar-refractivity contribution in [1.29, 1.82) is 0 Å². The molecule has 0 atom stereocenters. The molecule has 0 radical (unpaired) electrons. The summed E-state index contributed by atoms with van der Waals surface area (Å²) in [5, 5.41) is 9.72. The van der Waals surface area contributed by atoms with E-state index in [4.69, 9.17) is 9.97 Å².